The highest BCUT2D eigenvalue weighted by atomic mass is 32.2. The molecule has 0 aromatic heterocycles. The molecule has 0 fully saturated rings. The molecular formula is C11H6N2O9S. The van der Waals surface area contributed by atoms with Gasteiger partial charge in [0.05, 0.1) is 15.2 Å². The van der Waals surface area contributed by atoms with E-state index in [1.54, 1.807) is 0 Å². The van der Waals surface area contributed by atoms with E-state index in [0.717, 1.165) is 12.1 Å². The first-order valence-electron chi connectivity index (χ1n) is 5.65. The Kier molecular flexibility index (Phi) is 3.72. The number of nitro benzene ring substituents is 2. The summed E-state index contributed by atoms with van der Waals surface area (Å²) in [5.41, 5.74) is -3.89. The number of carboxylic acids is 1. The van der Waals surface area contributed by atoms with Gasteiger partial charge in [0, 0.05) is 5.39 Å². The summed E-state index contributed by atoms with van der Waals surface area (Å²) in [6, 6.07) is 4.61. The number of nitro groups is 2. The molecule has 2 rings (SSSR count). The van der Waals surface area contributed by atoms with Crippen LogP contribution in [0.5, 0.6) is 0 Å². The van der Waals surface area contributed by atoms with E-state index in [1.165, 1.54) is 12.1 Å². The van der Waals surface area contributed by atoms with Crippen molar-refractivity contribution in [3.05, 3.63) is 50.1 Å². The molecule has 0 aliphatic rings. The van der Waals surface area contributed by atoms with Crippen LogP contribution in [0.25, 0.3) is 10.8 Å². The fourth-order valence-electron chi connectivity index (χ4n) is 2.20. The normalized spacial score (nSPS) is 11.3. The van der Waals surface area contributed by atoms with Gasteiger partial charge in [-0.3, -0.25) is 24.8 Å². The van der Waals surface area contributed by atoms with Crippen LogP contribution in [0.2, 0.25) is 0 Å². The highest BCUT2D eigenvalue weighted by Gasteiger charge is 2.42. The summed E-state index contributed by atoms with van der Waals surface area (Å²) in [5, 5.41) is 30.7. The third-order valence-electron chi connectivity index (χ3n) is 2.96. The van der Waals surface area contributed by atoms with E-state index in [0.29, 0.717) is 0 Å². The molecule has 0 unspecified atom stereocenters. The zero-order valence-electron chi connectivity index (χ0n) is 10.9. The molecule has 0 radical (unpaired) electrons. The van der Waals surface area contributed by atoms with Gasteiger partial charge in [-0.1, -0.05) is 18.2 Å². The first-order chi connectivity index (χ1) is 10.6. The van der Waals surface area contributed by atoms with Crippen molar-refractivity contribution in [1.29, 1.82) is 0 Å². The van der Waals surface area contributed by atoms with Crippen LogP contribution in [0.3, 0.4) is 0 Å². The second-order valence-corrected chi connectivity index (χ2v) is 5.60. The minimum absolute atomic E-state index is 0.397. The van der Waals surface area contributed by atoms with E-state index >= 15 is 0 Å². The molecule has 0 saturated carbocycles. The van der Waals surface area contributed by atoms with Crippen LogP contribution in [-0.4, -0.2) is 33.9 Å². The number of hydrogen-bond acceptors (Lipinski definition) is 7. The third kappa shape index (κ3) is 2.56. The lowest BCUT2D eigenvalue weighted by Gasteiger charge is -2.09. The van der Waals surface area contributed by atoms with E-state index in [2.05, 4.69) is 0 Å². The summed E-state index contributed by atoms with van der Waals surface area (Å²) >= 11 is 0. The number of carboxylic acid groups (broad SMARTS) is 1. The Morgan fingerprint density at radius 3 is 1.87 bits per heavy atom. The number of fused-ring (bicyclic) bond motifs is 1. The molecule has 2 N–H and O–H groups in total. The highest BCUT2D eigenvalue weighted by Crippen LogP contribution is 2.42. The summed E-state index contributed by atoms with van der Waals surface area (Å²) < 4.78 is 32.1. The minimum Gasteiger partial charge on any atom is -0.477 e. The molecule has 0 heterocycles. The average molecular weight is 342 g/mol. The molecule has 120 valence electrons. The summed E-state index contributed by atoms with van der Waals surface area (Å²) in [7, 11) is -5.45. The average Bonchev–Trinajstić information content (AvgIpc) is 2.42. The van der Waals surface area contributed by atoms with E-state index in [-0.39, 0.29) is 0 Å². The predicted molar refractivity (Wildman–Crippen MR) is 74.0 cm³/mol. The molecule has 11 nitrogen and oxygen atoms in total. The summed E-state index contributed by atoms with van der Waals surface area (Å²) in [5.74, 6) is -1.87. The SMILES string of the molecule is O=C(O)c1c([N+](=O)[O-])c(S(=O)(=O)O)c([N+](=O)[O-])c2ccccc12. The zero-order valence-corrected chi connectivity index (χ0v) is 11.7. The summed E-state index contributed by atoms with van der Waals surface area (Å²) in [6.07, 6.45) is 0. The van der Waals surface area contributed by atoms with Crippen molar-refractivity contribution in [2.45, 2.75) is 4.90 Å². The molecule has 0 amide bonds. The second-order valence-electron chi connectivity index (χ2n) is 4.24. The van der Waals surface area contributed by atoms with Gasteiger partial charge < -0.3 is 5.11 Å². The Balaban J connectivity index is 3.34. The van der Waals surface area contributed by atoms with Crippen molar-refractivity contribution < 1.29 is 32.7 Å². The van der Waals surface area contributed by atoms with Crippen LogP contribution in [-0.2, 0) is 10.1 Å². The highest BCUT2D eigenvalue weighted by molar-refractivity contribution is 7.86. The van der Waals surface area contributed by atoms with Gasteiger partial charge in [0.2, 0.25) is 4.90 Å². The molecule has 0 aliphatic carbocycles. The summed E-state index contributed by atoms with van der Waals surface area (Å²) in [4.78, 5) is 29.4. The lowest BCUT2D eigenvalue weighted by Crippen LogP contribution is -2.13. The van der Waals surface area contributed by atoms with Crippen LogP contribution >= 0.6 is 0 Å². The predicted octanol–water partition coefficient (Wildman–Crippen LogP) is 1.60. The Bertz CT molecular complexity index is 981. The smallest absolute Gasteiger partial charge is 0.343 e. The van der Waals surface area contributed by atoms with E-state index in [1.807, 2.05) is 0 Å². The standard InChI is InChI=1S/C11H6N2O9S/c14-11(15)7-5-3-1-2-4-6(5)8(12(16)17)10(23(20,21)22)9(7)13(18)19/h1-4H,(H,14,15)(H,20,21,22). The molecule has 23 heavy (non-hydrogen) atoms. The lowest BCUT2D eigenvalue weighted by atomic mass is 10.0. The van der Waals surface area contributed by atoms with Crippen LogP contribution < -0.4 is 0 Å². The number of benzene rings is 2. The minimum atomic E-state index is -5.45. The Hall–Kier alpha value is -3.12. The topological polar surface area (TPSA) is 178 Å². The maximum Gasteiger partial charge on any atom is 0.343 e. The first-order valence-corrected chi connectivity index (χ1v) is 7.09. The van der Waals surface area contributed by atoms with Crippen molar-refractivity contribution in [3.63, 3.8) is 0 Å². The van der Waals surface area contributed by atoms with Gasteiger partial charge in [-0.15, -0.1) is 0 Å². The van der Waals surface area contributed by atoms with E-state index in [9.17, 15) is 43.1 Å². The Morgan fingerprint density at radius 2 is 1.48 bits per heavy atom. The fraction of sp³-hybridized carbons (Fsp3) is 0. The number of nitrogens with zero attached hydrogens (tertiary/aromatic N) is 2. The number of rotatable bonds is 4. The number of aromatic carboxylic acids is 1. The Labute approximate surface area is 126 Å². The Morgan fingerprint density at radius 1 is 1.00 bits per heavy atom. The van der Waals surface area contributed by atoms with Gasteiger partial charge in [0.15, 0.2) is 0 Å². The van der Waals surface area contributed by atoms with E-state index < -0.39 is 58.5 Å². The molecular weight excluding hydrogens is 336 g/mol. The largest absolute Gasteiger partial charge is 0.477 e. The van der Waals surface area contributed by atoms with Crippen molar-refractivity contribution in [2.24, 2.45) is 0 Å². The van der Waals surface area contributed by atoms with Crippen LogP contribution in [0.1, 0.15) is 10.4 Å². The van der Waals surface area contributed by atoms with Gasteiger partial charge >= 0.3 is 27.5 Å². The van der Waals surface area contributed by atoms with Crippen LogP contribution in [0.15, 0.2) is 29.2 Å². The maximum atomic E-state index is 11.5. The third-order valence-corrected chi connectivity index (χ3v) is 3.86. The van der Waals surface area contributed by atoms with Crippen LogP contribution in [0, 0.1) is 20.2 Å². The van der Waals surface area contributed by atoms with Gasteiger partial charge in [-0.25, -0.2) is 4.79 Å². The molecule has 0 aliphatic heterocycles. The second kappa shape index (κ2) is 5.26. The van der Waals surface area contributed by atoms with Gasteiger partial charge in [-0.05, 0) is 6.07 Å². The monoisotopic (exact) mass is 342 g/mol. The lowest BCUT2D eigenvalue weighted by molar-refractivity contribution is -0.398. The molecule has 0 atom stereocenters. The molecule has 12 heteroatoms. The van der Waals surface area contributed by atoms with Gasteiger partial charge in [0.25, 0.3) is 0 Å². The van der Waals surface area contributed by atoms with E-state index in [4.69, 9.17) is 0 Å². The van der Waals surface area contributed by atoms with Crippen molar-refractivity contribution >= 4 is 38.2 Å². The zero-order chi connectivity index (χ0) is 17.5. The maximum absolute atomic E-state index is 11.5. The van der Waals surface area contributed by atoms with Crippen molar-refractivity contribution in [2.75, 3.05) is 0 Å². The van der Waals surface area contributed by atoms with Crippen molar-refractivity contribution in [1.82, 2.24) is 0 Å². The summed E-state index contributed by atoms with van der Waals surface area (Å²) in [6.45, 7) is 0. The number of carbonyl (C=O) groups is 1. The fourth-order valence-corrected chi connectivity index (χ4v) is 3.05. The quantitative estimate of drug-likeness (QED) is 0.474. The molecule has 0 bridgehead atoms. The molecule has 0 saturated heterocycles. The van der Waals surface area contributed by atoms with Crippen molar-refractivity contribution in [3.8, 4) is 0 Å². The van der Waals surface area contributed by atoms with Gasteiger partial charge in [0.1, 0.15) is 5.56 Å². The molecule has 2 aromatic rings. The first kappa shape index (κ1) is 16.3. The molecule has 0 spiro atoms. The van der Waals surface area contributed by atoms with Gasteiger partial charge in [-0.2, -0.15) is 8.42 Å². The molecule has 2 aromatic carbocycles. The number of hydrogen-bond donors (Lipinski definition) is 2. The van der Waals surface area contributed by atoms with Crippen LogP contribution in [0.4, 0.5) is 11.4 Å².